The van der Waals surface area contributed by atoms with Crippen LogP contribution in [0.1, 0.15) is 29.9 Å². The number of ether oxygens (including phenoxy) is 1. The van der Waals surface area contributed by atoms with Crippen molar-refractivity contribution in [1.29, 1.82) is 0 Å². The van der Waals surface area contributed by atoms with Gasteiger partial charge < -0.3 is 19.9 Å². The molecule has 0 atom stereocenters. The Hall–Kier alpha value is -2.86. The minimum atomic E-state index is -0.178. The quantitative estimate of drug-likeness (QED) is 0.703. The summed E-state index contributed by atoms with van der Waals surface area (Å²) in [5.74, 6) is 0.929. The number of likely N-dealkylation sites (tertiary alicyclic amines) is 1. The van der Waals surface area contributed by atoms with Crippen LogP contribution in [-0.2, 0) is 11.2 Å². The number of hydrogen-bond donors (Lipinski definition) is 2. The van der Waals surface area contributed by atoms with E-state index in [1.54, 1.807) is 6.07 Å². The number of carbonyl (C=O) groups is 1. The van der Waals surface area contributed by atoms with Crippen LogP contribution < -0.4 is 10.1 Å². The molecule has 3 heterocycles. The number of aromatic nitrogens is 1. The summed E-state index contributed by atoms with van der Waals surface area (Å²) in [7, 11) is 0. The van der Waals surface area contributed by atoms with Crippen molar-refractivity contribution in [3.63, 3.8) is 0 Å². The Labute approximate surface area is 168 Å². The van der Waals surface area contributed by atoms with Gasteiger partial charge in [-0.25, -0.2) is 4.39 Å². The Morgan fingerprint density at radius 2 is 2.00 bits per heavy atom. The molecule has 150 valence electrons. The van der Waals surface area contributed by atoms with E-state index in [-0.39, 0.29) is 18.3 Å². The molecule has 1 amide bonds. The van der Waals surface area contributed by atoms with Crippen LogP contribution in [0.25, 0.3) is 10.9 Å². The van der Waals surface area contributed by atoms with Crippen LogP contribution in [0, 0.1) is 5.82 Å². The fraction of sp³-hybridized carbons (Fsp3) is 0.348. The summed E-state index contributed by atoms with van der Waals surface area (Å²) in [4.78, 5) is 17.3. The van der Waals surface area contributed by atoms with Crippen molar-refractivity contribution in [1.82, 2.24) is 9.88 Å². The molecule has 6 heteroatoms. The number of amides is 1. The van der Waals surface area contributed by atoms with Crippen molar-refractivity contribution in [3.05, 3.63) is 59.5 Å². The number of nitrogens with zero attached hydrogens (tertiary/aromatic N) is 1. The summed E-state index contributed by atoms with van der Waals surface area (Å²) in [5, 5.41) is 3.89. The lowest BCUT2D eigenvalue weighted by atomic mass is 9.89. The SMILES string of the molecule is O=C1COc2ccc(CCN3CCC(c4c[nH]c5ccc(F)cc45)CC3)cc2N1. The topological polar surface area (TPSA) is 57.4 Å². The van der Waals surface area contributed by atoms with Gasteiger partial charge in [-0.2, -0.15) is 0 Å². The van der Waals surface area contributed by atoms with Crippen LogP contribution in [0.5, 0.6) is 5.75 Å². The predicted octanol–water partition coefficient (Wildman–Crippen LogP) is 4.06. The summed E-state index contributed by atoms with van der Waals surface area (Å²) in [6.45, 7) is 3.15. The molecule has 2 aliphatic heterocycles. The largest absolute Gasteiger partial charge is 0.482 e. The maximum absolute atomic E-state index is 13.7. The van der Waals surface area contributed by atoms with Gasteiger partial charge in [-0.15, -0.1) is 0 Å². The molecule has 1 saturated heterocycles. The highest BCUT2D eigenvalue weighted by molar-refractivity contribution is 5.95. The number of fused-ring (bicyclic) bond motifs is 2. The molecule has 0 saturated carbocycles. The van der Waals surface area contributed by atoms with Gasteiger partial charge in [0.25, 0.3) is 5.91 Å². The van der Waals surface area contributed by atoms with E-state index in [9.17, 15) is 9.18 Å². The molecule has 0 spiro atoms. The van der Waals surface area contributed by atoms with E-state index < -0.39 is 0 Å². The van der Waals surface area contributed by atoms with Gasteiger partial charge in [0, 0.05) is 23.6 Å². The Bertz CT molecular complexity index is 1050. The van der Waals surface area contributed by atoms with Gasteiger partial charge in [-0.1, -0.05) is 6.07 Å². The lowest BCUT2D eigenvalue weighted by Gasteiger charge is -2.32. The molecule has 0 bridgehead atoms. The zero-order valence-corrected chi connectivity index (χ0v) is 16.2. The van der Waals surface area contributed by atoms with E-state index in [0.717, 1.165) is 61.2 Å². The second kappa shape index (κ2) is 7.52. The number of anilines is 1. The summed E-state index contributed by atoms with van der Waals surface area (Å²) in [5.41, 5.74) is 4.21. The minimum Gasteiger partial charge on any atom is -0.482 e. The van der Waals surface area contributed by atoms with Crippen LogP contribution >= 0.6 is 0 Å². The predicted molar refractivity (Wildman–Crippen MR) is 111 cm³/mol. The van der Waals surface area contributed by atoms with E-state index in [0.29, 0.717) is 5.92 Å². The maximum Gasteiger partial charge on any atom is 0.262 e. The maximum atomic E-state index is 13.7. The standard InChI is InChI=1S/C23H24FN3O2/c24-17-2-3-20-18(12-17)19(13-25-20)16-6-9-27(10-7-16)8-5-15-1-4-22-21(11-15)26-23(28)14-29-22/h1-4,11-13,16,25H,5-10,14H2,(H,26,28). The van der Waals surface area contributed by atoms with Crippen molar-refractivity contribution < 1.29 is 13.9 Å². The van der Waals surface area contributed by atoms with Gasteiger partial charge in [0.15, 0.2) is 6.61 Å². The average Bonchev–Trinajstić information content (AvgIpc) is 3.15. The monoisotopic (exact) mass is 393 g/mol. The Morgan fingerprint density at radius 3 is 2.86 bits per heavy atom. The molecular weight excluding hydrogens is 369 g/mol. The first-order valence-electron chi connectivity index (χ1n) is 10.2. The highest BCUT2D eigenvalue weighted by atomic mass is 19.1. The van der Waals surface area contributed by atoms with Crippen LogP contribution in [0.4, 0.5) is 10.1 Å². The number of halogens is 1. The Morgan fingerprint density at radius 1 is 1.14 bits per heavy atom. The molecule has 5 nitrogen and oxygen atoms in total. The molecule has 0 unspecified atom stereocenters. The summed E-state index contributed by atoms with van der Waals surface area (Å²) in [6, 6.07) is 11.0. The highest BCUT2D eigenvalue weighted by Gasteiger charge is 2.23. The smallest absolute Gasteiger partial charge is 0.262 e. The van der Waals surface area contributed by atoms with Gasteiger partial charge in [0.05, 0.1) is 5.69 Å². The molecule has 1 fully saturated rings. The van der Waals surface area contributed by atoms with Crippen LogP contribution in [-0.4, -0.2) is 42.0 Å². The van der Waals surface area contributed by atoms with Crippen molar-refractivity contribution in [2.24, 2.45) is 0 Å². The summed E-state index contributed by atoms with van der Waals surface area (Å²) < 4.78 is 19.1. The number of benzene rings is 2. The first-order valence-corrected chi connectivity index (χ1v) is 10.2. The first kappa shape index (κ1) is 18.2. The average molecular weight is 393 g/mol. The van der Waals surface area contributed by atoms with Crippen molar-refractivity contribution in [3.8, 4) is 5.75 Å². The van der Waals surface area contributed by atoms with Crippen LogP contribution in [0.15, 0.2) is 42.6 Å². The fourth-order valence-corrected chi connectivity index (χ4v) is 4.49. The molecule has 29 heavy (non-hydrogen) atoms. The third-order valence-corrected chi connectivity index (χ3v) is 6.10. The molecule has 2 N–H and O–H groups in total. The first-order chi connectivity index (χ1) is 14.2. The molecule has 1 aromatic heterocycles. The third-order valence-electron chi connectivity index (χ3n) is 6.10. The normalized spacial score (nSPS) is 17.8. The number of aromatic amines is 1. The van der Waals surface area contributed by atoms with Gasteiger partial charge in [-0.3, -0.25) is 4.79 Å². The lowest BCUT2D eigenvalue weighted by molar-refractivity contribution is -0.118. The van der Waals surface area contributed by atoms with Crippen LogP contribution in [0.3, 0.4) is 0 Å². The Balaban J connectivity index is 1.19. The van der Waals surface area contributed by atoms with Crippen molar-refractivity contribution in [2.75, 3.05) is 31.6 Å². The zero-order chi connectivity index (χ0) is 19.8. The molecule has 0 radical (unpaired) electrons. The molecule has 2 aromatic carbocycles. The van der Waals surface area contributed by atoms with Crippen molar-refractivity contribution >= 4 is 22.5 Å². The number of hydrogen-bond acceptors (Lipinski definition) is 3. The van der Waals surface area contributed by atoms with E-state index in [2.05, 4.69) is 21.3 Å². The zero-order valence-electron chi connectivity index (χ0n) is 16.2. The number of H-pyrrole nitrogens is 1. The second-order valence-electron chi connectivity index (χ2n) is 7.97. The molecular formula is C23H24FN3O2. The van der Waals surface area contributed by atoms with Gasteiger partial charge in [0.1, 0.15) is 11.6 Å². The van der Waals surface area contributed by atoms with E-state index in [1.165, 1.54) is 17.2 Å². The number of piperidine rings is 1. The summed E-state index contributed by atoms with van der Waals surface area (Å²) in [6.07, 6.45) is 5.15. The van der Waals surface area contributed by atoms with Crippen LogP contribution in [0.2, 0.25) is 0 Å². The van der Waals surface area contributed by atoms with E-state index in [4.69, 9.17) is 4.74 Å². The fourth-order valence-electron chi connectivity index (χ4n) is 4.49. The molecule has 5 rings (SSSR count). The number of nitrogens with one attached hydrogen (secondary N) is 2. The number of carbonyl (C=O) groups excluding carboxylic acids is 1. The summed E-state index contributed by atoms with van der Waals surface area (Å²) >= 11 is 0. The molecule has 0 aliphatic carbocycles. The third kappa shape index (κ3) is 3.72. The van der Waals surface area contributed by atoms with E-state index >= 15 is 0 Å². The Kier molecular flexibility index (Phi) is 4.72. The minimum absolute atomic E-state index is 0.0877. The van der Waals surface area contributed by atoms with Gasteiger partial charge in [-0.05, 0) is 79.7 Å². The lowest BCUT2D eigenvalue weighted by Crippen LogP contribution is -2.34. The highest BCUT2D eigenvalue weighted by Crippen LogP contribution is 2.34. The van der Waals surface area contributed by atoms with E-state index in [1.807, 2.05) is 24.4 Å². The molecule has 2 aliphatic rings. The van der Waals surface area contributed by atoms with Gasteiger partial charge >= 0.3 is 0 Å². The molecule has 3 aromatic rings. The number of rotatable bonds is 4. The second-order valence-corrected chi connectivity index (χ2v) is 7.97. The van der Waals surface area contributed by atoms with Crippen molar-refractivity contribution in [2.45, 2.75) is 25.2 Å². The van der Waals surface area contributed by atoms with Gasteiger partial charge in [0.2, 0.25) is 0 Å².